The Labute approximate surface area is 181 Å². The van der Waals surface area contributed by atoms with E-state index in [0.717, 1.165) is 49.0 Å². The average molecular weight is 422 g/mol. The first-order valence-electron chi connectivity index (χ1n) is 10.3. The third kappa shape index (κ3) is 4.89. The Bertz CT molecular complexity index is 995. The molecule has 4 rings (SSSR count). The molecule has 1 aliphatic rings. The van der Waals surface area contributed by atoms with E-state index in [9.17, 15) is 4.79 Å². The number of aryl methyl sites for hydroxylation is 2. The molecule has 0 atom stereocenters. The van der Waals surface area contributed by atoms with Gasteiger partial charge in [0.2, 0.25) is 0 Å². The van der Waals surface area contributed by atoms with Crippen molar-refractivity contribution in [3.05, 3.63) is 70.7 Å². The van der Waals surface area contributed by atoms with E-state index in [-0.39, 0.29) is 5.91 Å². The van der Waals surface area contributed by atoms with Crippen LogP contribution in [0.2, 0.25) is 0 Å². The van der Waals surface area contributed by atoms with Crippen molar-refractivity contribution >= 4 is 17.2 Å². The summed E-state index contributed by atoms with van der Waals surface area (Å²) in [6.07, 6.45) is 0. The number of rotatable bonds is 6. The van der Waals surface area contributed by atoms with Crippen LogP contribution in [0.1, 0.15) is 21.6 Å². The number of aromatic nitrogens is 1. The van der Waals surface area contributed by atoms with Gasteiger partial charge in [0.15, 0.2) is 0 Å². The van der Waals surface area contributed by atoms with Gasteiger partial charge in [0.05, 0.1) is 0 Å². The van der Waals surface area contributed by atoms with E-state index in [2.05, 4.69) is 41.9 Å². The van der Waals surface area contributed by atoms with Crippen LogP contribution in [-0.4, -0.2) is 60.0 Å². The summed E-state index contributed by atoms with van der Waals surface area (Å²) in [5, 5.41) is 2.80. The molecule has 0 bridgehead atoms. The zero-order valence-corrected chi connectivity index (χ0v) is 18.3. The summed E-state index contributed by atoms with van der Waals surface area (Å²) < 4.78 is 5.78. The molecule has 1 fully saturated rings. The van der Waals surface area contributed by atoms with Gasteiger partial charge in [-0.15, -0.1) is 11.3 Å². The minimum Gasteiger partial charge on any atom is -0.492 e. The van der Waals surface area contributed by atoms with Crippen LogP contribution in [0.3, 0.4) is 0 Å². The summed E-state index contributed by atoms with van der Waals surface area (Å²) in [7, 11) is 0. The van der Waals surface area contributed by atoms with Crippen molar-refractivity contribution in [3.63, 3.8) is 0 Å². The van der Waals surface area contributed by atoms with Gasteiger partial charge in [0.25, 0.3) is 5.91 Å². The van der Waals surface area contributed by atoms with E-state index in [0.29, 0.717) is 12.3 Å². The van der Waals surface area contributed by atoms with E-state index in [1.165, 1.54) is 22.5 Å². The molecule has 30 heavy (non-hydrogen) atoms. The first-order valence-corrected chi connectivity index (χ1v) is 11.2. The molecule has 1 amide bonds. The maximum atomic E-state index is 12.9. The molecule has 156 valence electrons. The van der Waals surface area contributed by atoms with Gasteiger partial charge >= 0.3 is 0 Å². The van der Waals surface area contributed by atoms with Crippen LogP contribution in [0, 0.1) is 13.8 Å². The van der Waals surface area contributed by atoms with Crippen LogP contribution in [0.5, 0.6) is 5.75 Å². The van der Waals surface area contributed by atoms with Crippen LogP contribution in [-0.2, 0) is 0 Å². The molecule has 1 saturated heterocycles. The normalized spacial score (nSPS) is 14.7. The number of nitrogens with zero attached hydrogens (tertiary/aromatic N) is 3. The second-order valence-electron chi connectivity index (χ2n) is 7.65. The van der Waals surface area contributed by atoms with Crippen molar-refractivity contribution in [2.45, 2.75) is 13.8 Å². The van der Waals surface area contributed by atoms with Gasteiger partial charge < -0.3 is 9.64 Å². The quantitative estimate of drug-likeness (QED) is 0.597. The maximum Gasteiger partial charge on any atom is 0.273 e. The highest BCUT2D eigenvalue weighted by Gasteiger charge is 2.24. The molecule has 1 aromatic heterocycles. The van der Waals surface area contributed by atoms with Gasteiger partial charge in [-0.05, 0) is 31.5 Å². The van der Waals surface area contributed by atoms with Crippen LogP contribution < -0.4 is 4.74 Å². The van der Waals surface area contributed by atoms with E-state index >= 15 is 0 Å². The Kier molecular flexibility index (Phi) is 6.45. The molecule has 2 aromatic carbocycles. The summed E-state index contributed by atoms with van der Waals surface area (Å²) in [4.78, 5) is 21.8. The van der Waals surface area contributed by atoms with Gasteiger partial charge in [-0.25, -0.2) is 4.98 Å². The largest absolute Gasteiger partial charge is 0.492 e. The molecular formula is C24H27N3O2S. The molecule has 5 nitrogen and oxygen atoms in total. The lowest BCUT2D eigenvalue weighted by Gasteiger charge is -2.34. The fourth-order valence-electron chi connectivity index (χ4n) is 3.70. The van der Waals surface area contributed by atoms with Crippen molar-refractivity contribution in [2.75, 3.05) is 39.3 Å². The van der Waals surface area contributed by atoms with Gasteiger partial charge in [0, 0.05) is 43.7 Å². The predicted molar refractivity (Wildman–Crippen MR) is 121 cm³/mol. The number of piperazine rings is 1. The number of hydrogen-bond acceptors (Lipinski definition) is 5. The lowest BCUT2D eigenvalue weighted by atomic mass is 10.1. The zero-order chi connectivity index (χ0) is 20.9. The molecular weight excluding hydrogens is 394 g/mol. The number of carbonyl (C=O) groups excluding carboxylic acids is 1. The lowest BCUT2D eigenvalue weighted by Crippen LogP contribution is -2.49. The Morgan fingerprint density at radius 2 is 1.83 bits per heavy atom. The monoisotopic (exact) mass is 421 g/mol. The number of carbonyl (C=O) groups is 1. The van der Waals surface area contributed by atoms with Crippen LogP contribution >= 0.6 is 11.3 Å². The number of para-hydroxylation sites is 1. The average Bonchev–Trinajstić information content (AvgIpc) is 3.24. The highest BCUT2D eigenvalue weighted by atomic mass is 32.1. The topological polar surface area (TPSA) is 45.7 Å². The lowest BCUT2D eigenvalue weighted by molar-refractivity contribution is 0.0615. The predicted octanol–water partition coefficient (Wildman–Crippen LogP) is 4.26. The van der Waals surface area contributed by atoms with Crippen LogP contribution in [0.25, 0.3) is 10.6 Å². The number of benzene rings is 2. The highest BCUT2D eigenvalue weighted by molar-refractivity contribution is 7.13. The Morgan fingerprint density at radius 1 is 1.07 bits per heavy atom. The van der Waals surface area contributed by atoms with Gasteiger partial charge in [-0.3, -0.25) is 9.69 Å². The highest BCUT2D eigenvalue weighted by Crippen LogP contribution is 2.28. The summed E-state index contributed by atoms with van der Waals surface area (Å²) in [5.41, 5.74) is 4.08. The number of amides is 1. The maximum absolute atomic E-state index is 12.9. The first kappa shape index (κ1) is 20.6. The molecule has 0 saturated carbocycles. The first-order chi connectivity index (χ1) is 14.6. The van der Waals surface area contributed by atoms with Crippen LogP contribution in [0.4, 0.5) is 0 Å². The number of ether oxygens (including phenoxy) is 1. The number of hydrogen-bond donors (Lipinski definition) is 0. The van der Waals surface area contributed by atoms with Crippen molar-refractivity contribution in [3.8, 4) is 16.3 Å². The van der Waals surface area contributed by atoms with E-state index in [1.807, 2.05) is 40.6 Å². The minimum absolute atomic E-state index is 0.0300. The second-order valence-corrected chi connectivity index (χ2v) is 8.51. The molecule has 0 unspecified atom stereocenters. The van der Waals surface area contributed by atoms with Crippen molar-refractivity contribution in [1.82, 2.24) is 14.8 Å². The molecule has 0 aliphatic carbocycles. The Morgan fingerprint density at radius 3 is 2.57 bits per heavy atom. The summed E-state index contributed by atoms with van der Waals surface area (Å²) in [5.74, 6) is 0.928. The Hall–Kier alpha value is -2.70. The summed E-state index contributed by atoms with van der Waals surface area (Å²) >= 11 is 1.54. The molecule has 2 heterocycles. The van der Waals surface area contributed by atoms with Crippen molar-refractivity contribution < 1.29 is 9.53 Å². The van der Waals surface area contributed by atoms with Gasteiger partial charge in [-0.2, -0.15) is 0 Å². The van der Waals surface area contributed by atoms with E-state index < -0.39 is 0 Å². The smallest absolute Gasteiger partial charge is 0.273 e. The molecule has 3 aromatic rings. The third-order valence-electron chi connectivity index (χ3n) is 5.41. The molecule has 6 heteroatoms. The molecule has 0 N–H and O–H groups in total. The summed E-state index contributed by atoms with van der Waals surface area (Å²) in [6, 6.07) is 16.2. The zero-order valence-electron chi connectivity index (χ0n) is 17.5. The minimum atomic E-state index is 0.0300. The Balaban J connectivity index is 1.29. The molecule has 1 aliphatic heterocycles. The van der Waals surface area contributed by atoms with Crippen molar-refractivity contribution in [2.24, 2.45) is 0 Å². The molecule has 0 radical (unpaired) electrons. The fourth-order valence-corrected chi connectivity index (χ4v) is 4.58. The second kappa shape index (κ2) is 9.41. The van der Waals surface area contributed by atoms with Gasteiger partial charge in [0.1, 0.15) is 23.1 Å². The van der Waals surface area contributed by atoms with E-state index in [4.69, 9.17) is 4.74 Å². The number of thiazole rings is 1. The SMILES string of the molecule is Cc1ccc(-c2nc(C(=O)N3CCN(CCOc4ccccc4)CC3)cs2)c(C)c1. The summed E-state index contributed by atoms with van der Waals surface area (Å²) in [6.45, 7) is 8.86. The fraction of sp³-hybridized carbons (Fsp3) is 0.333. The van der Waals surface area contributed by atoms with Crippen LogP contribution in [0.15, 0.2) is 53.9 Å². The molecule has 0 spiro atoms. The van der Waals surface area contributed by atoms with Gasteiger partial charge in [-0.1, -0.05) is 42.0 Å². The van der Waals surface area contributed by atoms with Crippen molar-refractivity contribution in [1.29, 1.82) is 0 Å². The van der Waals surface area contributed by atoms with E-state index in [1.54, 1.807) is 0 Å². The standard InChI is InChI=1S/C24H27N3O2S/c1-18-8-9-21(19(2)16-18)23-25-22(17-30-23)24(28)27-12-10-26(11-13-27)14-15-29-20-6-4-3-5-7-20/h3-9,16-17H,10-15H2,1-2H3. The third-order valence-corrected chi connectivity index (χ3v) is 6.29.